The summed E-state index contributed by atoms with van der Waals surface area (Å²) in [5.74, 6) is 0.0307. The maximum Gasteiger partial charge on any atom is 0.262 e. The fraction of sp³-hybridized carbons (Fsp3) is 0.158. The lowest BCUT2D eigenvalue weighted by Crippen LogP contribution is -2.25. The van der Waals surface area contributed by atoms with Crippen LogP contribution in [0.5, 0.6) is 5.75 Å². The molecule has 1 aliphatic heterocycles. The number of tetrazole rings is 1. The van der Waals surface area contributed by atoms with Crippen molar-refractivity contribution in [3.63, 3.8) is 0 Å². The molecule has 4 rings (SSSR count). The number of nitrogens with one attached hydrogen (secondary N) is 2. The van der Waals surface area contributed by atoms with Gasteiger partial charge in [-0.25, -0.2) is 0 Å². The standard InChI is InChI=1S/C19H16N6O4S/c1-11(26)20-13-3-2-4-14(8-13)25-19(22-23-24-25)30-10-16(27)12-5-6-17-15(7-12)21-18(28)9-29-17/h2-8H,9-10H2,1H3,(H,20,26)(H,21,28). The van der Waals surface area contributed by atoms with Crippen molar-refractivity contribution in [1.29, 1.82) is 0 Å². The summed E-state index contributed by atoms with van der Waals surface area (Å²) < 4.78 is 6.79. The second-order valence-corrected chi connectivity index (χ2v) is 7.31. The number of Topliss-reactive ketones (excluding diaryl/α,β-unsaturated/α-hetero) is 1. The molecule has 2 heterocycles. The maximum atomic E-state index is 12.6. The van der Waals surface area contributed by atoms with E-state index in [4.69, 9.17) is 4.74 Å². The van der Waals surface area contributed by atoms with E-state index in [1.165, 1.54) is 23.4 Å². The number of ether oxygens (including phenoxy) is 1. The van der Waals surface area contributed by atoms with Crippen molar-refractivity contribution >= 4 is 40.7 Å². The minimum absolute atomic E-state index is 0.0397. The number of rotatable bonds is 6. The van der Waals surface area contributed by atoms with Gasteiger partial charge in [-0.3, -0.25) is 14.4 Å². The molecular weight excluding hydrogens is 408 g/mol. The Morgan fingerprint density at radius 3 is 2.97 bits per heavy atom. The lowest BCUT2D eigenvalue weighted by Gasteiger charge is -2.18. The first-order valence-electron chi connectivity index (χ1n) is 8.89. The molecule has 2 N–H and O–H groups in total. The van der Waals surface area contributed by atoms with Gasteiger partial charge in [0, 0.05) is 18.2 Å². The van der Waals surface area contributed by atoms with Gasteiger partial charge in [-0.15, -0.1) is 5.10 Å². The van der Waals surface area contributed by atoms with Crippen molar-refractivity contribution in [1.82, 2.24) is 20.2 Å². The van der Waals surface area contributed by atoms with Crippen LogP contribution in [0.15, 0.2) is 47.6 Å². The Labute approximate surface area is 175 Å². The monoisotopic (exact) mass is 424 g/mol. The highest BCUT2D eigenvalue weighted by molar-refractivity contribution is 7.99. The van der Waals surface area contributed by atoms with E-state index >= 15 is 0 Å². The first kappa shape index (κ1) is 19.6. The van der Waals surface area contributed by atoms with Gasteiger partial charge in [-0.05, 0) is 46.8 Å². The number of hydrogen-bond acceptors (Lipinski definition) is 8. The zero-order chi connectivity index (χ0) is 21.1. The molecule has 30 heavy (non-hydrogen) atoms. The Hall–Kier alpha value is -3.73. The summed E-state index contributed by atoms with van der Waals surface area (Å²) in [6.45, 7) is 1.39. The number of aromatic nitrogens is 4. The number of carbonyl (C=O) groups is 3. The van der Waals surface area contributed by atoms with Gasteiger partial charge in [0.25, 0.3) is 5.91 Å². The van der Waals surface area contributed by atoms with Gasteiger partial charge in [0.2, 0.25) is 11.1 Å². The summed E-state index contributed by atoms with van der Waals surface area (Å²) in [5, 5.41) is 17.5. The molecule has 0 spiro atoms. The minimum Gasteiger partial charge on any atom is -0.482 e. The molecule has 0 fully saturated rings. The minimum atomic E-state index is -0.262. The van der Waals surface area contributed by atoms with Gasteiger partial charge < -0.3 is 15.4 Å². The van der Waals surface area contributed by atoms with E-state index in [1.54, 1.807) is 42.5 Å². The van der Waals surface area contributed by atoms with Crippen molar-refractivity contribution in [2.24, 2.45) is 0 Å². The van der Waals surface area contributed by atoms with Crippen LogP contribution in [-0.2, 0) is 9.59 Å². The molecule has 152 valence electrons. The van der Waals surface area contributed by atoms with Gasteiger partial charge in [0.15, 0.2) is 12.4 Å². The summed E-state index contributed by atoms with van der Waals surface area (Å²) in [7, 11) is 0. The predicted molar refractivity (Wildman–Crippen MR) is 109 cm³/mol. The maximum absolute atomic E-state index is 12.6. The summed E-state index contributed by atoms with van der Waals surface area (Å²) in [6.07, 6.45) is 0. The molecule has 10 nitrogen and oxygen atoms in total. The fourth-order valence-electron chi connectivity index (χ4n) is 2.82. The van der Waals surface area contributed by atoms with Crippen molar-refractivity contribution < 1.29 is 19.1 Å². The van der Waals surface area contributed by atoms with E-state index in [9.17, 15) is 14.4 Å². The molecule has 2 amide bonds. The normalized spacial score (nSPS) is 12.5. The van der Waals surface area contributed by atoms with Crippen LogP contribution >= 0.6 is 11.8 Å². The molecule has 0 saturated carbocycles. The summed E-state index contributed by atoms with van der Waals surface area (Å²) >= 11 is 1.18. The Morgan fingerprint density at radius 2 is 2.13 bits per heavy atom. The average Bonchev–Trinajstić information content (AvgIpc) is 3.20. The smallest absolute Gasteiger partial charge is 0.262 e. The second-order valence-electron chi connectivity index (χ2n) is 6.36. The number of amides is 2. The van der Waals surface area contributed by atoms with Crippen LogP contribution in [-0.4, -0.2) is 50.2 Å². The summed E-state index contributed by atoms with van der Waals surface area (Å²) in [6, 6.07) is 11.9. The zero-order valence-electron chi connectivity index (χ0n) is 15.8. The van der Waals surface area contributed by atoms with Crippen LogP contribution in [0.1, 0.15) is 17.3 Å². The van der Waals surface area contributed by atoms with Crippen LogP contribution in [0.3, 0.4) is 0 Å². The van der Waals surface area contributed by atoms with Gasteiger partial charge in [-0.1, -0.05) is 17.8 Å². The van der Waals surface area contributed by atoms with Gasteiger partial charge in [0.05, 0.1) is 17.1 Å². The topological polar surface area (TPSA) is 128 Å². The van der Waals surface area contributed by atoms with Crippen molar-refractivity contribution in [2.75, 3.05) is 23.0 Å². The third-order valence-electron chi connectivity index (χ3n) is 4.12. The Kier molecular flexibility index (Phi) is 5.44. The number of hydrogen-bond donors (Lipinski definition) is 2. The van der Waals surface area contributed by atoms with E-state index in [0.717, 1.165) is 0 Å². The lowest BCUT2D eigenvalue weighted by atomic mass is 10.1. The lowest BCUT2D eigenvalue weighted by molar-refractivity contribution is -0.118. The number of nitrogens with zero attached hydrogens (tertiary/aromatic N) is 4. The number of ketones is 1. The second kappa shape index (κ2) is 8.33. The van der Waals surface area contributed by atoms with E-state index in [0.29, 0.717) is 33.5 Å². The molecule has 3 aromatic rings. The third-order valence-corrected chi connectivity index (χ3v) is 5.04. The van der Waals surface area contributed by atoms with E-state index in [-0.39, 0.29) is 30.0 Å². The molecule has 0 aliphatic carbocycles. The quantitative estimate of drug-likeness (QED) is 0.454. The highest BCUT2D eigenvalue weighted by Crippen LogP contribution is 2.29. The third kappa shape index (κ3) is 4.30. The van der Waals surface area contributed by atoms with Crippen LogP contribution in [0.2, 0.25) is 0 Å². The highest BCUT2D eigenvalue weighted by Gasteiger charge is 2.19. The molecular formula is C19H16N6O4S. The number of fused-ring (bicyclic) bond motifs is 1. The molecule has 0 atom stereocenters. The predicted octanol–water partition coefficient (Wildman–Crippen LogP) is 1.93. The summed E-state index contributed by atoms with van der Waals surface area (Å²) in [5.41, 5.74) is 2.18. The zero-order valence-corrected chi connectivity index (χ0v) is 16.6. The highest BCUT2D eigenvalue weighted by atomic mass is 32.2. The molecule has 0 unspecified atom stereocenters. The molecule has 1 aromatic heterocycles. The summed E-state index contributed by atoms with van der Waals surface area (Å²) in [4.78, 5) is 35.4. The SMILES string of the molecule is CC(=O)Nc1cccc(-n2nnnc2SCC(=O)c2ccc3c(c2)NC(=O)CO3)c1. The fourth-order valence-corrected chi connectivity index (χ4v) is 3.60. The molecule has 2 aromatic carbocycles. The van der Waals surface area contributed by atoms with Crippen LogP contribution < -0.4 is 15.4 Å². The number of benzene rings is 2. The Bertz CT molecular complexity index is 1150. The first-order valence-corrected chi connectivity index (χ1v) is 9.87. The van der Waals surface area contributed by atoms with E-state index < -0.39 is 0 Å². The molecule has 11 heteroatoms. The van der Waals surface area contributed by atoms with Crippen LogP contribution in [0.25, 0.3) is 5.69 Å². The molecule has 0 radical (unpaired) electrons. The van der Waals surface area contributed by atoms with Gasteiger partial charge in [-0.2, -0.15) is 4.68 Å². The number of anilines is 2. The van der Waals surface area contributed by atoms with Crippen LogP contribution in [0.4, 0.5) is 11.4 Å². The Balaban J connectivity index is 1.47. The first-order chi connectivity index (χ1) is 14.5. The molecule has 1 aliphatic rings. The Morgan fingerprint density at radius 1 is 1.27 bits per heavy atom. The molecule has 0 bridgehead atoms. The van der Waals surface area contributed by atoms with Crippen molar-refractivity contribution in [3.05, 3.63) is 48.0 Å². The van der Waals surface area contributed by atoms with Crippen LogP contribution in [0, 0.1) is 0 Å². The van der Waals surface area contributed by atoms with Crippen molar-refractivity contribution in [2.45, 2.75) is 12.1 Å². The molecule has 0 saturated heterocycles. The van der Waals surface area contributed by atoms with E-state index in [1.807, 2.05) is 0 Å². The van der Waals surface area contributed by atoms with Gasteiger partial charge >= 0.3 is 0 Å². The largest absolute Gasteiger partial charge is 0.482 e. The van der Waals surface area contributed by atoms with Gasteiger partial charge in [0.1, 0.15) is 5.75 Å². The number of thioether (sulfide) groups is 1. The number of carbonyl (C=O) groups excluding carboxylic acids is 3. The van der Waals surface area contributed by atoms with E-state index in [2.05, 4.69) is 26.2 Å². The van der Waals surface area contributed by atoms with Crippen molar-refractivity contribution in [3.8, 4) is 11.4 Å². The average molecular weight is 424 g/mol.